The largest absolute Gasteiger partial charge is 0.336 e. The number of amides is 2. The van der Waals surface area contributed by atoms with Crippen LogP contribution in [0.3, 0.4) is 0 Å². The molecule has 0 saturated carbocycles. The monoisotopic (exact) mass is 368 g/mol. The molecule has 1 fully saturated rings. The number of rotatable bonds is 4. The standard InChI is InChI=1S/C15H21BrN4O2/c1-4-14(21)18-6-7-20(11(3)9-18)15(22)8-13-12(16)10-19(5-2)17-13/h4,10-11H,1,5-9H2,2-3H3/t11-/m0/s1. The molecule has 0 bridgehead atoms. The van der Waals surface area contributed by atoms with Crippen molar-refractivity contribution in [2.45, 2.75) is 32.9 Å². The van der Waals surface area contributed by atoms with Gasteiger partial charge in [0.25, 0.3) is 0 Å². The second-order valence-corrected chi connectivity index (χ2v) is 6.24. The molecular formula is C15H21BrN4O2. The lowest BCUT2D eigenvalue weighted by Gasteiger charge is -2.39. The molecule has 1 aromatic heterocycles. The molecule has 22 heavy (non-hydrogen) atoms. The molecule has 1 aliphatic rings. The summed E-state index contributed by atoms with van der Waals surface area (Å²) < 4.78 is 2.66. The van der Waals surface area contributed by atoms with E-state index in [4.69, 9.17) is 0 Å². The number of hydrogen-bond acceptors (Lipinski definition) is 3. The van der Waals surface area contributed by atoms with Gasteiger partial charge in [-0.2, -0.15) is 5.10 Å². The lowest BCUT2D eigenvalue weighted by Crippen LogP contribution is -2.55. The summed E-state index contributed by atoms with van der Waals surface area (Å²) in [7, 11) is 0. The van der Waals surface area contributed by atoms with Crippen molar-refractivity contribution in [2.75, 3.05) is 19.6 Å². The summed E-state index contributed by atoms with van der Waals surface area (Å²) in [6.07, 6.45) is 3.47. The highest BCUT2D eigenvalue weighted by molar-refractivity contribution is 9.10. The molecule has 0 unspecified atom stereocenters. The van der Waals surface area contributed by atoms with Crippen molar-refractivity contribution < 1.29 is 9.59 Å². The van der Waals surface area contributed by atoms with Crippen LogP contribution in [-0.4, -0.2) is 57.1 Å². The highest BCUT2D eigenvalue weighted by Gasteiger charge is 2.29. The molecule has 1 aliphatic heterocycles. The Morgan fingerprint density at radius 1 is 1.50 bits per heavy atom. The van der Waals surface area contributed by atoms with E-state index in [1.807, 2.05) is 24.9 Å². The van der Waals surface area contributed by atoms with Crippen LogP contribution in [0.5, 0.6) is 0 Å². The van der Waals surface area contributed by atoms with Crippen LogP contribution in [0.1, 0.15) is 19.5 Å². The zero-order valence-corrected chi connectivity index (χ0v) is 14.5. The Hall–Kier alpha value is -1.63. The molecule has 7 heteroatoms. The van der Waals surface area contributed by atoms with Crippen molar-refractivity contribution in [3.05, 3.63) is 29.0 Å². The number of carbonyl (C=O) groups excluding carboxylic acids is 2. The minimum atomic E-state index is -0.0802. The molecule has 0 spiro atoms. The van der Waals surface area contributed by atoms with Gasteiger partial charge in [-0.1, -0.05) is 6.58 Å². The van der Waals surface area contributed by atoms with Crippen molar-refractivity contribution in [3.63, 3.8) is 0 Å². The molecule has 2 heterocycles. The molecule has 1 aromatic rings. The first-order valence-electron chi connectivity index (χ1n) is 7.38. The predicted octanol–water partition coefficient (Wildman–Crippen LogP) is 1.45. The van der Waals surface area contributed by atoms with Gasteiger partial charge >= 0.3 is 0 Å². The van der Waals surface area contributed by atoms with Gasteiger partial charge in [0.1, 0.15) is 0 Å². The molecule has 0 aliphatic carbocycles. The number of piperazine rings is 1. The van der Waals surface area contributed by atoms with E-state index in [0.29, 0.717) is 19.6 Å². The third kappa shape index (κ3) is 3.58. The predicted molar refractivity (Wildman–Crippen MR) is 87.3 cm³/mol. The number of aromatic nitrogens is 2. The summed E-state index contributed by atoms with van der Waals surface area (Å²) in [6, 6.07) is -0.00261. The van der Waals surface area contributed by atoms with Crippen molar-refractivity contribution in [3.8, 4) is 0 Å². The van der Waals surface area contributed by atoms with Crippen LogP contribution in [0.25, 0.3) is 0 Å². The lowest BCUT2D eigenvalue weighted by atomic mass is 10.1. The van der Waals surface area contributed by atoms with Crippen LogP contribution < -0.4 is 0 Å². The molecule has 6 nitrogen and oxygen atoms in total. The van der Waals surface area contributed by atoms with Gasteiger partial charge in [0, 0.05) is 38.4 Å². The molecular weight excluding hydrogens is 348 g/mol. The summed E-state index contributed by atoms with van der Waals surface area (Å²) in [5.41, 5.74) is 0.753. The van der Waals surface area contributed by atoms with Gasteiger partial charge in [0.2, 0.25) is 11.8 Å². The normalized spacial score (nSPS) is 18.4. The van der Waals surface area contributed by atoms with Gasteiger partial charge in [0.15, 0.2) is 0 Å². The van der Waals surface area contributed by atoms with Gasteiger partial charge < -0.3 is 9.80 Å². The first-order valence-corrected chi connectivity index (χ1v) is 8.18. The molecule has 1 saturated heterocycles. The maximum Gasteiger partial charge on any atom is 0.246 e. The molecule has 2 rings (SSSR count). The maximum atomic E-state index is 12.5. The first-order chi connectivity index (χ1) is 10.5. The van der Waals surface area contributed by atoms with E-state index in [9.17, 15) is 9.59 Å². The van der Waals surface area contributed by atoms with Gasteiger partial charge in [-0.25, -0.2) is 0 Å². The Bertz CT molecular complexity index is 584. The fraction of sp³-hybridized carbons (Fsp3) is 0.533. The van der Waals surface area contributed by atoms with Crippen LogP contribution in [0.2, 0.25) is 0 Å². The van der Waals surface area contributed by atoms with Crippen LogP contribution in [0, 0.1) is 0 Å². The van der Waals surface area contributed by atoms with Crippen LogP contribution in [0.4, 0.5) is 0 Å². The van der Waals surface area contributed by atoms with Crippen LogP contribution in [0.15, 0.2) is 23.3 Å². The topological polar surface area (TPSA) is 58.4 Å². The molecule has 120 valence electrons. The highest BCUT2D eigenvalue weighted by Crippen LogP contribution is 2.18. The van der Waals surface area contributed by atoms with Crippen molar-refractivity contribution >= 4 is 27.7 Å². The van der Waals surface area contributed by atoms with E-state index in [0.717, 1.165) is 16.7 Å². The number of halogens is 1. The Labute approximate surface area is 138 Å². The zero-order chi connectivity index (χ0) is 16.3. The zero-order valence-electron chi connectivity index (χ0n) is 13.0. The molecule has 0 N–H and O–H groups in total. The minimum absolute atomic E-state index is 0.00261. The van der Waals surface area contributed by atoms with E-state index in [1.54, 1.807) is 9.58 Å². The fourth-order valence-electron chi connectivity index (χ4n) is 2.62. The smallest absolute Gasteiger partial charge is 0.246 e. The molecule has 1 atom stereocenters. The fourth-order valence-corrected chi connectivity index (χ4v) is 3.08. The van der Waals surface area contributed by atoms with E-state index < -0.39 is 0 Å². The van der Waals surface area contributed by atoms with Crippen LogP contribution in [-0.2, 0) is 22.6 Å². The average molecular weight is 369 g/mol. The second kappa shape index (κ2) is 7.09. The van der Waals surface area contributed by atoms with E-state index in [-0.39, 0.29) is 24.3 Å². The quantitative estimate of drug-likeness (QED) is 0.755. The Morgan fingerprint density at radius 3 is 2.77 bits per heavy atom. The summed E-state index contributed by atoms with van der Waals surface area (Å²) >= 11 is 3.45. The molecule has 0 radical (unpaired) electrons. The number of aryl methyl sites for hydroxylation is 1. The van der Waals surface area contributed by atoms with Crippen molar-refractivity contribution in [1.29, 1.82) is 0 Å². The SMILES string of the molecule is C=CC(=O)N1CCN(C(=O)Cc2nn(CC)cc2Br)[C@@H](C)C1. The van der Waals surface area contributed by atoms with Crippen molar-refractivity contribution in [1.82, 2.24) is 19.6 Å². The average Bonchev–Trinajstić information content (AvgIpc) is 2.86. The first kappa shape index (κ1) is 16.7. The van der Waals surface area contributed by atoms with Crippen molar-refractivity contribution in [2.24, 2.45) is 0 Å². The van der Waals surface area contributed by atoms with Gasteiger partial charge in [0.05, 0.1) is 16.6 Å². The summed E-state index contributed by atoms with van der Waals surface area (Å²) in [5.74, 6) is -0.0383. The Balaban J connectivity index is 2.00. The third-order valence-corrected chi connectivity index (χ3v) is 4.53. The van der Waals surface area contributed by atoms with Gasteiger partial charge in [-0.3, -0.25) is 14.3 Å². The maximum absolute atomic E-state index is 12.5. The Morgan fingerprint density at radius 2 is 2.23 bits per heavy atom. The van der Waals surface area contributed by atoms with E-state index >= 15 is 0 Å². The summed E-state index contributed by atoms with van der Waals surface area (Å²) in [5, 5.41) is 4.39. The molecule has 0 aromatic carbocycles. The molecule has 2 amide bonds. The summed E-state index contributed by atoms with van der Waals surface area (Å²) in [6.45, 7) is 9.87. The number of hydrogen-bond donors (Lipinski definition) is 0. The minimum Gasteiger partial charge on any atom is -0.336 e. The highest BCUT2D eigenvalue weighted by atomic mass is 79.9. The second-order valence-electron chi connectivity index (χ2n) is 5.38. The Kier molecular flexibility index (Phi) is 5.39. The lowest BCUT2D eigenvalue weighted by molar-refractivity contribution is -0.139. The number of carbonyl (C=O) groups is 2. The van der Waals surface area contributed by atoms with Gasteiger partial charge in [-0.05, 0) is 35.9 Å². The summed E-state index contributed by atoms with van der Waals surface area (Å²) in [4.78, 5) is 27.7. The van der Waals surface area contributed by atoms with E-state index in [2.05, 4.69) is 27.6 Å². The van der Waals surface area contributed by atoms with E-state index in [1.165, 1.54) is 6.08 Å². The van der Waals surface area contributed by atoms with Gasteiger partial charge in [-0.15, -0.1) is 0 Å². The third-order valence-electron chi connectivity index (χ3n) is 3.86. The number of nitrogens with zero attached hydrogens (tertiary/aromatic N) is 4. The van der Waals surface area contributed by atoms with Crippen LogP contribution >= 0.6 is 15.9 Å².